The molecule has 0 spiro atoms. The molecule has 1 N–H and O–H groups in total. The summed E-state index contributed by atoms with van der Waals surface area (Å²) >= 11 is 6.13. The Morgan fingerprint density at radius 3 is 2.88 bits per heavy atom. The lowest BCUT2D eigenvalue weighted by molar-refractivity contribution is 0.356. The molecule has 1 saturated heterocycles. The molecule has 0 amide bonds. The van der Waals surface area contributed by atoms with E-state index in [2.05, 4.69) is 5.32 Å². The Hall–Kier alpha value is -0.800. The Kier molecular flexibility index (Phi) is 3.66. The number of ether oxygens (including phenoxy) is 1. The van der Waals surface area contributed by atoms with Gasteiger partial charge in [0.05, 0.1) is 7.11 Å². The van der Waals surface area contributed by atoms with Crippen molar-refractivity contribution >= 4 is 11.6 Å². The van der Waals surface area contributed by atoms with E-state index in [0.29, 0.717) is 5.02 Å². The summed E-state index contributed by atoms with van der Waals surface area (Å²) in [5.74, 6) is -0.0822. The summed E-state index contributed by atoms with van der Waals surface area (Å²) in [5.41, 5.74) is 0.754. The van der Waals surface area contributed by atoms with Crippen LogP contribution in [-0.4, -0.2) is 13.7 Å². The van der Waals surface area contributed by atoms with E-state index in [1.807, 2.05) is 0 Å². The van der Waals surface area contributed by atoms with Crippen molar-refractivity contribution < 1.29 is 9.13 Å². The molecule has 0 aliphatic carbocycles. The molecule has 1 unspecified atom stereocenters. The van der Waals surface area contributed by atoms with Crippen molar-refractivity contribution in [3.8, 4) is 5.75 Å². The van der Waals surface area contributed by atoms with Crippen molar-refractivity contribution in [2.45, 2.75) is 25.3 Å². The quantitative estimate of drug-likeness (QED) is 0.861. The molecule has 16 heavy (non-hydrogen) atoms. The molecular weight excluding hydrogens is 229 g/mol. The van der Waals surface area contributed by atoms with Gasteiger partial charge in [-0.1, -0.05) is 18.0 Å². The minimum absolute atomic E-state index is 0.104. The van der Waals surface area contributed by atoms with Gasteiger partial charge >= 0.3 is 0 Å². The molecule has 1 heterocycles. The number of benzene rings is 1. The van der Waals surface area contributed by atoms with Crippen LogP contribution < -0.4 is 10.1 Å². The standard InChI is InChI=1S/C12H15ClFNO/c1-16-12-9(14)6-5-8(13)11(12)10-4-2-3-7-15-10/h5-6,10,15H,2-4,7H2,1H3. The molecule has 1 fully saturated rings. The molecule has 0 bridgehead atoms. The zero-order valence-electron chi connectivity index (χ0n) is 9.22. The highest BCUT2D eigenvalue weighted by Crippen LogP contribution is 2.37. The van der Waals surface area contributed by atoms with Crippen LogP contribution in [0.4, 0.5) is 4.39 Å². The molecule has 1 aliphatic heterocycles. The van der Waals surface area contributed by atoms with E-state index in [9.17, 15) is 4.39 Å². The SMILES string of the molecule is COc1c(F)ccc(Cl)c1C1CCCCN1. The van der Waals surface area contributed by atoms with Gasteiger partial charge in [-0.25, -0.2) is 4.39 Å². The summed E-state index contributed by atoms with van der Waals surface area (Å²) in [4.78, 5) is 0. The van der Waals surface area contributed by atoms with Crippen LogP contribution in [0.5, 0.6) is 5.75 Å². The summed E-state index contributed by atoms with van der Waals surface area (Å²) in [6.45, 7) is 0.945. The minimum Gasteiger partial charge on any atom is -0.493 e. The zero-order valence-corrected chi connectivity index (χ0v) is 9.98. The maximum Gasteiger partial charge on any atom is 0.165 e. The molecule has 0 radical (unpaired) electrons. The topological polar surface area (TPSA) is 21.3 Å². The predicted molar refractivity (Wildman–Crippen MR) is 62.6 cm³/mol. The van der Waals surface area contributed by atoms with Crippen LogP contribution in [0.3, 0.4) is 0 Å². The van der Waals surface area contributed by atoms with Crippen LogP contribution in [-0.2, 0) is 0 Å². The van der Waals surface area contributed by atoms with Gasteiger partial charge in [0, 0.05) is 16.6 Å². The summed E-state index contributed by atoms with van der Waals surface area (Å²) < 4.78 is 18.7. The number of hydrogen-bond donors (Lipinski definition) is 1. The van der Waals surface area contributed by atoms with E-state index in [1.165, 1.54) is 13.2 Å². The van der Waals surface area contributed by atoms with Crippen LogP contribution >= 0.6 is 11.6 Å². The van der Waals surface area contributed by atoms with Gasteiger partial charge in [-0.05, 0) is 31.5 Å². The van der Waals surface area contributed by atoms with E-state index < -0.39 is 0 Å². The number of nitrogens with one attached hydrogen (secondary N) is 1. The van der Waals surface area contributed by atoms with Crippen LogP contribution in [0.2, 0.25) is 5.02 Å². The van der Waals surface area contributed by atoms with Crippen molar-refractivity contribution in [3.63, 3.8) is 0 Å². The highest BCUT2D eigenvalue weighted by atomic mass is 35.5. The fourth-order valence-corrected chi connectivity index (χ4v) is 2.46. The van der Waals surface area contributed by atoms with Gasteiger partial charge in [-0.2, -0.15) is 0 Å². The van der Waals surface area contributed by atoms with Gasteiger partial charge in [0.2, 0.25) is 0 Å². The molecule has 1 aliphatic rings. The van der Waals surface area contributed by atoms with E-state index in [4.69, 9.17) is 16.3 Å². The molecule has 88 valence electrons. The van der Waals surface area contributed by atoms with Crippen LogP contribution in [0.1, 0.15) is 30.9 Å². The van der Waals surface area contributed by atoms with Gasteiger partial charge in [0.15, 0.2) is 11.6 Å². The number of halogens is 2. The van der Waals surface area contributed by atoms with Crippen molar-refractivity contribution in [2.75, 3.05) is 13.7 Å². The van der Waals surface area contributed by atoms with Crippen molar-refractivity contribution in [2.24, 2.45) is 0 Å². The summed E-state index contributed by atoms with van der Waals surface area (Å²) in [6, 6.07) is 3.03. The predicted octanol–water partition coefficient (Wildman–Crippen LogP) is 3.30. The summed E-state index contributed by atoms with van der Waals surface area (Å²) in [7, 11) is 1.47. The number of hydrogen-bond acceptors (Lipinski definition) is 2. The highest BCUT2D eigenvalue weighted by molar-refractivity contribution is 6.31. The lowest BCUT2D eigenvalue weighted by Gasteiger charge is -2.26. The van der Waals surface area contributed by atoms with Gasteiger partial charge in [-0.15, -0.1) is 0 Å². The first-order chi connectivity index (χ1) is 7.74. The van der Waals surface area contributed by atoms with E-state index in [0.717, 1.165) is 31.4 Å². The van der Waals surface area contributed by atoms with E-state index in [-0.39, 0.29) is 17.6 Å². The fourth-order valence-electron chi connectivity index (χ4n) is 2.18. The lowest BCUT2D eigenvalue weighted by atomic mass is 9.96. The Morgan fingerprint density at radius 1 is 1.44 bits per heavy atom. The normalized spacial score (nSPS) is 20.8. The Labute approximate surface area is 99.7 Å². The molecule has 4 heteroatoms. The number of piperidine rings is 1. The van der Waals surface area contributed by atoms with Crippen LogP contribution in [0.25, 0.3) is 0 Å². The molecule has 2 rings (SSSR count). The maximum absolute atomic E-state index is 13.6. The van der Waals surface area contributed by atoms with Crippen molar-refractivity contribution in [1.29, 1.82) is 0 Å². The largest absolute Gasteiger partial charge is 0.493 e. The average molecular weight is 244 g/mol. The molecular formula is C12H15ClFNO. The Morgan fingerprint density at radius 2 is 2.25 bits per heavy atom. The van der Waals surface area contributed by atoms with E-state index >= 15 is 0 Å². The molecule has 2 nitrogen and oxygen atoms in total. The second kappa shape index (κ2) is 5.02. The van der Waals surface area contributed by atoms with Crippen LogP contribution in [0, 0.1) is 5.82 Å². The lowest BCUT2D eigenvalue weighted by Crippen LogP contribution is -2.27. The minimum atomic E-state index is -0.353. The van der Waals surface area contributed by atoms with Crippen LogP contribution in [0.15, 0.2) is 12.1 Å². The van der Waals surface area contributed by atoms with Gasteiger partial charge in [0.25, 0.3) is 0 Å². The van der Waals surface area contributed by atoms with Gasteiger partial charge in [-0.3, -0.25) is 0 Å². The Bertz CT molecular complexity index is 378. The van der Waals surface area contributed by atoms with Gasteiger partial charge in [0.1, 0.15) is 0 Å². The molecule has 1 aromatic carbocycles. The molecule has 1 atom stereocenters. The molecule has 0 saturated carbocycles. The number of rotatable bonds is 2. The first kappa shape index (κ1) is 11.7. The first-order valence-electron chi connectivity index (χ1n) is 5.49. The second-order valence-electron chi connectivity index (χ2n) is 3.98. The zero-order chi connectivity index (χ0) is 11.5. The smallest absolute Gasteiger partial charge is 0.165 e. The fraction of sp³-hybridized carbons (Fsp3) is 0.500. The van der Waals surface area contributed by atoms with Gasteiger partial charge < -0.3 is 10.1 Å². The Balaban J connectivity index is 2.40. The third-order valence-corrected chi connectivity index (χ3v) is 3.29. The first-order valence-corrected chi connectivity index (χ1v) is 5.87. The maximum atomic E-state index is 13.6. The third kappa shape index (κ3) is 2.15. The van der Waals surface area contributed by atoms with E-state index in [1.54, 1.807) is 6.07 Å². The monoisotopic (exact) mass is 243 g/mol. The summed E-state index contributed by atoms with van der Waals surface area (Å²) in [5, 5.41) is 3.91. The third-order valence-electron chi connectivity index (χ3n) is 2.96. The highest BCUT2D eigenvalue weighted by Gasteiger charge is 2.23. The second-order valence-corrected chi connectivity index (χ2v) is 4.39. The molecule has 0 aromatic heterocycles. The number of methoxy groups -OCH3 is 1. The summed E-state index contributed by atoms with van der Waals surface area (Å²) in [6.07, 6.45) is 3.26. The average Bonchev–Trinajstić information content (AvgIpc) is 2.33. The van der Waals surface area contributed by atoms with Crippen molar-refractivity contribution in [1.82, 2.24) is 5.32 Å². The van der Waals surface area contributed by atoms with Crippen molar-refractivity contribution in [3.05, 3.63) is 28.5 Å². The molecule has 1 aromatic rings.